The van der Waals surface area contributed by atoms with E-state index in [1.807, 2.05) is 6.92 Å². The van der Waals surface area contributed by atoms with Crippen molar-refractivity contribution in [1.29, 1.82) is 0 Å². The largest absolute Gasteiger partial charge is 0.381 e. The Labute approximate surface area is 92.8 Å². The number of aromatic amines is 1. The van der Waals surface area contributed by atoms with Crippen LogP contribution in [0.15, 0.2) is 0 Å². The van der Waals surface area contributed by atoms with E-state index in [2.05, 4.69) is 20.5 Å². The highest BCUT2D eigenvalue weighted by Crippen LogP contribution is 2.16. The van der Waals surface area contributed by atoms with Gasteiger partial charge in [-0.2, -0.15) is 4.98 Å². The zero-order valence-electron chi connectivity index (χ0n) is 9.06. The summed E-state index contributed by atoms with van der Waals surface area (Å²) in [6.45, 7) is 3.41. The van der Waals surface area contributed by atoms with E-state index < -0.39 is 0 Å². The number of ether oxygens (including phenoxy) is 1. The number of nitrogens with zero attached hydrogens (tertiary/aromatic N) is 2. The van der Waals surface area contributed by atoms with Crippen molar-refractivity contribution in [1.82, 2.24) is 20.5 Å². The number of amides is 1. The molecule has 1 aliphatic heterocycles. The number of anilines is 1. The van der Waals surface area contributed by atoms with Crippen molar-refractivity contribution in [3.05, 3.63) is 5.82 Å². The standard InChI is InChI=1S/C9H15N5O2/c1-5(6-2-3-16-4-6)11-8(15)7-12-9(10)14-13-7/h5-6H,2-4H2,1H3,(H,11,15)(H3,10,12,13,14). The van der Waals surface area contributed by atoms with Crippen molar-refractivity contribution >= 4 is 11.9 Å². The zero-order valence-corrected chi connectivity index (χ0v) is 9.06. The lowest BCUT2D eigenvalue weighted by Gasteiger charge is -2.18. The van der Waals surface area contributed by atoms with Gasteiger partial charge in [0.15, 0.2) is 0 Å². The van der Waals surface area contributed by atoms with Gasteiger partial charge in [0.05, 0.1) is 6.61 Å². The monoisotopic (exact) mass is 225 g/mol. The number of H-pyrrole nitrogens is 1. The van der Waals surface area contributed by atoms with Crippen LogP contribution < -0.4 is 11.1 Å². The first-order valence-corrected chi connectivity index (χ1v) is 5.23. The lowest BCUT2D eigenvalue weighted by molar-refractivity contribution is 0.0912. The molecule has 0 aromatic carbocycles. The Morgan fingerprint density at radius 1 is 1.75 bits per heavy atom. The van der Waals surface area contributed by atoms with Gasteiger partial charge in [-0.3, -0.25) is 9.89 Å². The predicted molar refractivity (Wildman–Crippen MR) is 56.6 cm³/mol. The van der Waals surface area contributed by atoms with Crippen LogP contribution in [0.25, 0.3) is 0 Å². The summed E-state index contributed by atoms with van der Waals surface area (Å²) in [5.74, 6) is 0.290. The highest BCUT2D eigenvalue weighted by molar-refractivity contribution is 5.90. The quantitative estimate of drug-likeness (QED) is 0.645. The zero-order chi connectivity index (χ0) is 11.5. The molecule has 0 bridgehead atoms. The molecule has 1 aromatic heterocycles. The lowest BCUT2D eigenvalue weighted by Crippen LogP contribution is -2.38. The number of hydrogen-bond donors (Lipinski definition) is 3. The second kappa shape index (κ2) is 4.48. The van der Waals surface area contributed by atoms with Crippen LogP contribution >= 0.6 is 0 Å². The minimum absolute atomic E-state index is 0.0568. The highest BCUT2D eigenvalue weighted by Gasteiger charge is 2.24. The van der Waals surface area contributed by atoms with Crippen molar-refractivity contribution in [2.45, 2.75) is 19.4 Å². The van der Waals surface area contributed by atoms with Gasteiger partial charge < -0.3 is 15.8 Å². The SMILES string of the molecule is CC(NC(=O)c1nc(N)n[nH]1)C1CCOC1. The van der Waals surface area contributed by atoms with Gasteiger partial charge in [-0.15, -0.1) is 5.10 Å². The molecule has 2 unspecified atom stereocenters. The van der Waals surface area contributed by atoms with E-state index in [0.29, 0.717) is 12.5 Å². The lowest BCUT2D eigenvalue weighted by atomic mass is 10.0. The van der Waals surface area contributed by atoms with E-state index in [9.17, 15) is 4.79 Å². The number of carbonyl (C=O) groups is 1. The second-order valence-electron chi connectivity index (χ2n) is 3.93. The van der Waals surface area contributed by atoms with E-state index >= 15 is 0 Å². The van der Waals surface area contributed by atoms with E-state index in [0.717, 1.165) is 13.0 Å². The molecular weight excluding hydrogens is 210 g/mol. The summed E-state index contributed by atoms with van der Waals surface area (Å²) in [6, 6.07) is 0.0568. The Bertz CT molecular complexity index is 372. The summed E-state index contributed by atoms with van der Waals surface area (Å²) in [4.78, 5) is 15.4. The second-order valence-corrected chi connectivity index (χ2v) is 3.93. The Balaban J connectivity index is 1.91. The maximum absolute atomic E-state index is 11.7. The van der Waals surface area contributed by atoms with Crippen LogP contribution in [0.3, 0.4) is 0 Å². The molecule has 1 fully saturated rings. The minimum atomic E-state index is -0.288. The van der Waals surface area contributed by atoms with Crippen LogP contribution in [0.2, 0.25) is 0 Å². The molecule has 0 saturated carbocycles. The van der Waals surface area contributed by atoms with E-state index in [-0.39, 0.29) is 23.7 Å². The van der Waals surface area contributed by atoms with Gasteiger partial charge in [0, 0.05) is 18.6 Å². The maximum Gasteiger partial charge on any atom is 0.288 e. The van der Waals surface area contributed by atoms with Gasteiger partial charge in [-0.1, -0.05) is 0 Å². The molecule has 88 valence electrons. The molecule has 2 atom stereocenters. The highest BCUT2D eigenvalue weighted by atomic mass is 16.5. The number of hydrogen-bond acceptors (Lipinski definition) is 5. The van der Waals surface area contributed by atoms with Gasteiger partial charge >= 0.3 is 0 Å². The van der Waals surface area contributed by atoms with Crippen LogP contribution in [0.4, 0.5) is 5.95 Å². The smallest absolute Gasteiger partial charge is 0.288 e. The van der Waals surface area contributed by atoms with Gasteiger partial charge in [0.1, 0.15) is 0 Å². The molecule has 1 aliphatic rings. The molecule has 0 spiro atoms. The molecular formula is C9H15N5O2. The Kier molecular flexibility index (Phi) is 3.04. The summed E-state index contributed by atoms with van der Waals surface area (Å²) < 4.78 is 5.26. The average Bonchev–Trinajstić information content (AvgIpc) is 2.87. The number of nitrogens with two attached hydrogens (primary N) is 1. The molecule has 7 heteroatoms. The number of rotatable bonds is 3. The molecule has 1 saturated heterocycles. The predicted octanol–water partition coefficient (Wildman–Crippen LogP) is -0.458. The summed E-state index contributed by atoms with van der Waals surface area (Å²) in [6.07, 6.45) is 0.972. The van der Waals surface area contributed by atoms with Crippen molar-refractivity contribution in [3.8, 4) is 0 Å². The Morgan fingerprint density at radius 2 is 2.56 bits per heavy atom. The third-order valence-electron chi connectivity index (χ3n) is 2.75. The van der Waals surface area contributed by atoms with Crippen LogP contribution in [-0.4, -0.2) is 40.3 Å². The van der Waals surface area contributed by atoms with Crippen LogP contribution in [0, 0.1) is 5.92 Å². The molecule has 1 aromatic rings. The van der Waals surface area contributed by atoms with E-state index in [1.54, 1.807) is 0 Å². The molecule has 7 nitrogen and oxygen atoms in total. The summed E-state index contributed by atoms with van der Waals surface area (Å²) >= 11 is 0. The maximum atomic E-state index is 11.7. The third-order valence-corrected chi connectivity index (χ3v) is 2.75. The van der Waals surface area contributed by atoms with Crippen molar-refractivity contribution in [3.63, 3.8) is 0 Å². The van der Waals surface area contributed by atoms with E-state index in [4.69, 9.17) is 10.5 Å². The van der Waals surface area contributed by atoms with Crippen LogP contribution in [0.5, 0.6) is 0 Å². The summed E-state index contributed by atoms with van der Waals surface area (Å²) in [7, 11) is 0. The molecule has 0 aliphatic carbocycles. The topological polar surface area (TPSA) is 106 Å². The molecule has 16 heavy (non-hydrogen) atoms. The molecule has 2 heterocycles. The first-order chi connectivity index (χ1) is 7.66. The normalized spacial score (nSPS) is 21.9. The molecule has 0 radical (unpaired) electrons. The third kappa shape index (κ3) is 2.30. The van der Waals surface area contributed by atoms with Gasteiger partial charge in [0.25, 0.3) is 5.91 Å². The summed E-state index contributed by atoms with van der Waals surface area (Å²) in [5.41, 5.74) is 5.32. The first kappa shape index (κ1) is 10.9. The molecule has 4 N–H and O–H groups in total. The average molecular weight is 225 g/mol. The van der Waals surface area contributed by atoms with Gasteiger partial charge in [-0.05, 0) is 13.3 Å². The summed E-state index contributed by atoms with van der Waals surface area (Å²) in [5, 5.41) is 8.91. The Hall–Kier alpha value is -1.63. The van der Waals surface area contributed by atoms with Crippen molar-refractivity contribution in [2.24, 2.45) is 5.92 Å². The molecule has 2 rings (SSSR count). The van der Waals surface area contributed by atoms with Crippen molar-refractivity contribution < 1.29 is 9.53 Å². The fraction of sp³-hybridized carbons (Fsp3) is 0.667. The van der Waals surface area contributed by atoms with Gasteiger partial charge in [0.2, 0.25) is 11.8 Å². The number of nitrogen functional groups attached to an aromatic ring is 1. The molecule has 1 amide bonds. The fourth-order valence-corrected chi connectivity index (χ4v) is 1.72. The van der Waals surface area contributed by atoms with Crippen LogP contribution in [0.1, 0.15) is 24.0 Å². The number of nitrogens with one attached hydrogen (secondary N) is 2. The number of carbonyl (C=O) groups excluding carboxylic acids is 1. The van der Waals surface area contributed by atoms with Gasteiger partial charge in [-0.25, -0.2) is 0 Å². The first-order valence-electron chi connectivity index (χ1n) is 5.23. The number of aromatic nitrogens is 3. The fourth-order valence-electron chi connectivity index (χ4n) is 1.72. The van der Waals surface area contributed by atoms with Crippen LogP contribution in [-0.2, 0) is 4.74 Å². The van der Waals surface area contributed by atoms with E-state index in [1.165, 1.54) is 0 Å². The minimum Gasteiger partial charge on any atom is -0.381 e. The Morgan fingerprint density at radius 3 is 3.12 bits per heavy atom. The van der Waals surface area contributed by atoms with Crippen molar-refractivity contribution in [2.75, 3.05) is 18.9 Å².